The average molecular weight is 235 g/mol. The molecule has 0 N–H and O–H groups in total. The first-order valence-corrected chi connectivity index (χ1v) is 5.43. The van der Waals surface area contributed by atoms with Crippen LogP contribution in [0.15, 0.2) is 0 Å². The highest BCUT2D eigenvalue weighted by atomic mass is 35.5. The number of carbonyl (C=O) groups excluding carboxylic acids is 1. The lowest BCUT2D eigenvalue weighted by molar-refractivity contribution is -0.149. The molecule has 14 heavy (non-hydrogen) atoms. The molecule has 0 aliphatic carbocycles. The van der Waals surface area contributed by atoms with Gasteiger partial charge in [0.1, 0.15) is 16.6 Å². The molecule has 6 heteroatoms. The van der Waals surface area contributed by atoms with Gasteiger partial charge in [-0.2, -0.15) is 0 Å². The number of aromatic nitrogens is 2. The molecule has 0 saturated heterocycles. The van der Waals surface area contributed by atoms with Crippen molar-refractivity contribution in [3.05, 3.63) is 10.0 Å². The van der Waals surface area contributed by atoms with Crippen LogP contribution in [0, 0.1) is 5.92 Å². The Labute approximate surface area is 91.4 Å². The van der Waals surface area contributed by atoms with Crippen molar-refractivity contribution in [3.8, 4) is 0 Å². The smallest absolute Gasteiger partial charge is 0.309 e. The fourth-order valence-electron chi connectivity index (χ4n) is 0.732. The Bertz CT molecular complexity index is 316. The molecule has 1 atom stereocenters. The molecule has 1 unspecified atom stereocenters. The Morgan fingerprint density at radius 3 is 2.93 bits per heavy atom. The van der Waals surface area contributed by atoms with E-state index in [1.165, 1.54) is 0 Å². The van der Waals surface area contributed by atoms with Gasteiger partial charge in [-0.3, -0.25) is 4.79 Å². The molecule has 0 aromatic carbocycles. The van der Waals surface area contributed by atoms with Crippen LogP contribution in [0.25, 0.3) is 0 Å². The minimum atomic E-state index is -0.225. The summed E-state index contributed by atoms with van der Waals surface area (Å²) in [6.07, 6.45) is 0.766. The quantitative estimate of drug-likeness (QED) is 0.750. The normalized spacial score (nSPS) is 12.5. The average Bonchev–Trinajstić information content (AvgIpc) is 2.59. The van der Waals surface area contributed by atoms with E-state index in [1.807, 2.05) is 13.8 Å². The Kier molecular flexibility index (Phi) is 4.28. The lowest BCUT2D eigenvalue weighted by atomic mass is 10.1. The molecular formula is C8H11ClN2O2S. The van der Waals surface area contributed by atoms with Gasteiger partial charge in [-0.25, -0.2) is 0 Å². The molecule has 0 bridgehead atoms. The molecule has 0 aliphatic rings. The van der Waals surface area contributed by atoms with Crippen molar-refractivity contribution in [1.29, 1.82) is 0 Å². The molecule has 0 aliphatic heterocycles. The van der Waals surface area contributed by atoms with Gasteiger partial charge < -0.3 is 4.74 Å². The van der Waals surface area contributed by atoms with Gasteiger partial charge in [-0.1, -0.05) is 29.9 Å². The van der Waals surface area contributed by atoms with Crippen molar-refractivity contribution in [3.63, 3.8) is 0 Å². The van der Waals surface area contributed by atoms with Crippen molar-refractivity contribution >= 4 is 29.1 Å². The predicted octanol–water partition coefficient (Wildman–Crippen LogP) is 2.28. The Balaban J connectivity index is 2.41. The highest BCUT2D eigenvalue weighted by molar-refractivity contribution is 7.10. The Morgan fingerprint density at radius 1 is 1.71 bits per heavy atom. The van der Waals surface area contributed by atoms with E-state index in [1.54, 1.807) is 0 Å². The van der Waals surface area contributed by atoms with Gasteiger partial charge in [0, 0.05) is 11.5 Å². The van der Waals surface area contributed by atoms with Crippen LogP contribution in [0.3, 0.4) is 0 Å². The zero-order valence-corrected chi connectivity index (χ0v) is 9.56. The zero-order valence-electron chi connectivity index (χ0n) is 7.99. The third kappa shape index (κ3) is 2.92. The molecule has 0 saturated carbocycles. The van der Waals surface area contributed by atoms with Crippen molar-refractivity contribution in [2.75, 3.05) is 0 Å². The third-order valence-corrected chi connectivity index (χ3v) is 2.86. The number of halogens is 1. The molecular weight excluding hydrogens is 224 g/mol. The van der Waals surface area contributed by atoms with Crippen LogP contribution < -0.4 is 0 Å². The minimum Gasteiger partial charge on any atom is -0.459 e. The van der Waals surface area contributed by atoms with Crippen molar-refractivity contribution in [2.45, 2.75) is 26.9 Å². The van der Waals surface area contributed by atoms with Crippen molar-refractivity contribution in [2.24, 2.45) is 5.92 Å². The topological polar surface area (TPSA) is 52.1 Å². The minimum absolute atomic E-state index is 0.0830. The van der Waals surface area contributed by atoms with E-state index in [-0.39, 0.29) is 18.5 Å². The highest BCUT2D eigenvalue weighted by Gasteiger charge is 2.14. The third-order valence-electron chi connectivity index (χ3n) is 1.88. The maximum Gasteiger partial charge on any atom is 0.309 e. The molecule has 0 amide bonds. The van der Waals surface area contributed by atoms with Crippen LogP contribution in [0.4, 0.5) is 0 Å². The SMILES string of the molecule is CCC(C)C(=O)OCc1nnsc1Cl. The molecule has 4 nitrogen and oxygen atoms in total. The van der Waals surface area contributed by atoms with Crippen LogP contribution in [0.1, 0.15) is 26.0 Å². The van der Waals surface area contributed by atoms with Crippen molar-refractivity contribution < 1.29 is 9.53 Å². The number of hydrogen-bond acceptors (Lipinski definition) is 5. The van der Waals surface area contributed by atoms with Crippen LogP contribution in [0.5, 0.6) is 0 Å². The summed E-state index contributed by atoms with van der Waals surface area (Å²) in [4.78, 5) is 11.3. The van der Waals surface area contributed by atoms with E-state index in [0.29, 0.717) is 10.0 Å². The Morgan fingerprint density at radius 2 is 2.43 bits per heavy atom. The van der Waals surface area contributed by atoms with E-state index >= 15 is 0 Å². The van der Waals surface area contributed by atoms with Crippen molar-refractivity contribution in [1.82, 2.24) is 9.59 Å². The first-order valence-electron chi connectivity index (χ1n) is 4.28. The standard InChI is InChI=1S/C8H11ClN2O2S/c1-3-5(2)8(12)13-4-6-7(9)14-11-10-6/h5H,3-4H2,1-2H3. The summed E-state index contributed by atoms with van der Waals surface area (Å²) in [5.41, 5.74) is 0.522. The summed E-state index contributed by atoms with van der Waals surface area (Å²) >= 11 is 6.82. The molecule has 1 heterocycles. The molecule has 1 aromatic rings. The van der Waals surface area contributed by atoms with E-state index in [2.05, 4.69) is 9.59 Å². The van der Waals surface area contributed by atoms with Gasteiger partial charge in [0.15, 0.2) is 0 Å². The van der Waals surface area contributed by atoms with E-state index in [4.69, 9.17) is 16.3 Å². The Hall–Kier alpha value is -0.680. The zero-order chi connectivity index (χ0) is 10.6. The van der Waals surface area contributed by atoms with Gasteiger partial charge in [0.05, 0.1) is 5.92 Å². The summed E-state index contributed by atoms with van der Waals surface area (Å²) in [5, 5.41) is 3.73. The van der Waals surface area contributed by atoms with Crippen LogP contribution >= 0.6 is 23.1 Å². The fourth-order valence-corrected chi connectivity index (χ4v) is 1.33. The second-order valence-corrected chi connectivity index (χ2v) is 4.27. The number of ether oxygens (including phenoxy) is 1. The van der Waals surface area contributed by atoms with Crippen LogP contribution in [0.2, 0.25) is 4.34 Å². The highest BCUT2D eigenvalue weighted by Crippen LogP contribution is 2.18. The van der Waals surface area contributed by atoms with Crippen LogP contribution in [-0.4, -0.2) is 15.6 Å². The van der Waals surface area contributed by atoms with E-state index in [0.717, 1.165) is 18.0 Å². The number of hydrogen-bond donors (Lipinski definition) is 0. The van der Waals surface area contributed by atoms with Crippen LogP contribution in [-0.2, 0) is 16.1 Å². The lowest BCUT2D eigenvalue weighted by Gasteiger charge is -2.07. The maximum atomic E-state index is 11.3. The van der Waals surface area contributed by atoms with Gasteiger partial charge in [-0.15, -0.1) is 5.10 Å². The molecule has 78 valence electrons. The second kappa shape index (κ2) is 5.26. The molecule has 0 fully saturated rings. The summed E-state index contributed by atoms with van der Waals surface area (Å²) < 4.78 is 9.11. The summed E-state index contributed by atoms with van der Waals surface area (Å²) in [6, 6.07) is 0. The monoisotopic (exact) mass is 234 g/mol. The second-order valence-electron chi connectivity index (χ2n) is 2.91. The van der Waals surface area contributed by atoms with E-state index < -0.39 is 0 Å². The largest absolute Gasteiger partial charge is 0.459 e. The summed E-state index contributed by atoms with van der Waals surface area (Å²) in [6.45, 7) is 3.87. The number of esters is 1. The molecule has 1 aromatic heterocycles. The summed E-state index contributed by atoms with van der Waals surface area (Å²) in [7, 11) is 0. The number of rotatable bonds is 4. The predicted molar refractivity (Wildman–Crippen MR) is 54.2 cm³/mol. The van der Waals surface area contributed by atoms with Gasteiger partial charge >= 0.3 is 5.97 Å². The fraction of sp³-hybridized carbons (Fsp3) is 0.625. The molecule has 0 spiro atoms. The van der Waals surface area contributed by atoms with Gasteiger partial charge in [0.2, 0.25) is 0 Å². The molecule has 0 radical (unpaired) electrons. The summed E-state index contributed by atoms with van der Waals surface area (Å²) in [5.74, 6) is -0.308. The lowest BCUT2D eigenvalue weighted by Crippen LogP contribution is -2.13. The van der Waals surface area contributed by atoms with E-state index in [9.17, 15) is 4.79 Å². The first kappa shape index (κ1) is 11.4. The maximum absolute atomic E-state index is 11.3. The first-order chi connectivity index (χ1) is 6.65. The number of carbonyl (C=O) groups is 1. The van der Waals surface area contributed by atoms with Gasteiger partial charge in [0.25, 0.3) is 0 Å². The number of nitrogens with zero attached hydrogens (tertiary/aromatic N) is 2. The molecule has 1 rings (SSSR count). The van der Waals surface area contributed by atoms with Gasteiger partial charge in [-0.05, 0) is 6.42 Å².